The van der Waals surface area contributed by atoms with Crippen LogP contribution >= 0.6 is 11.8 Å². The van der Waals surface area contributed by atoms with E-state index in [1.54, 1.807) is 22.5 Å². The molecule has 0 bridgehead atoms. The van der Waals surface area contributed by atoms with Crippen molar-refractivity contribution >= 4 is 17.7 Å². The lowest BCUT2D eigenvalue weighted by Gasteiger charge is -2.22. The molecule has 0 aliphatic carbocycles. The van der Waals surface area contributed by atoms with Crippen molar-refractivity contribution < 1.29 is 9.18 Å². The van der Waals surface area contributed by atoms with Gasteiger partial charge in [0.05, 0.1) is 18.5 Å². The van der Waals surface area contributed by atoms with Gasteiger partial charge in [0.15, 0.2) is 0 Å². The summed E-state index contributed by atoms with van der Waals surface area (Å²) in [5.74, 6) is 0.270. The van der Waals surface area contributed by atoms with Gasteiger partial charge in [-0.15, -0.1) is 16.9 Å². The zero-order chi connectivity index (χ0) is 17.9. The van der Waals surface area contributed by atoms with Crippen molar-refractivity contribution in [1.29, 1.82) is 0 Å². The number of carbonyl (C=O) groups excluding carboxylic acids is 1. The van der Waals surface area contributed by atoms with E-state index in [4.69, 9.17) is 0 Å². The van der Waals surface area contributed by atoms with Gasteiger partial charge in [0.2, 0.25) is 5.91 Å². The molecule has 1 aromatic heterocycles. The standard InChI is InChI=1S/C19H17FN4OS/c20-16-8-4-7-15(9-16)10-23-12-17(21-22-23)19-24(18(25)13-26-19)11-14-5-2-1-3-6-14/h1-9,12,19H,10-11,13H2/t19-/m1/s1. The lowest BCUT2D eigenvalue weighted by atomic mass is 10.2. The summed E-state index contributed by atoms with van der Waals surface area (Å²) in [7, 11) is 0. The molecule has 4 rings (SSSR count). The largest absolute Gasteiger partial charge is 0.320 e. The maximum atomic E-state index is 13.3. The molecule has 2 aromatic carbocycles. The zero-order valence-electron chi connectivity index (χ0n) is 14.0. The summed E-state index contributed by atoms with van der Waals surface area (Å²) in [5.41, 5.74) is 2.64. The van der Waals surface area contributed by atoms with Crippen LogP contribution in [0, 0.1) is 5.82 Å². The monoisotopic (exact) mass is 368 g/mol. The van der Waals surface area contributed by atoms with E-state index in [-0.39, 0.29) is 17.1 Å². The van der Waals surface area contributed by atoms with Gasteiger partial charge in [-0.1, -0.05) is 47.7 Å². The predicted octanol–water partition coefficient (Wildman–Crippen LogP) is 3.24. The molecule has 1 fully saturated rings. The lowest BCUT2D eigenvalue weighted by molar-refractivity contribution is -0.128. The van der Waals surface area contributed by atoms with Crippen LogP contribution in [-0.2, 0) is 17.9 Å². The highest BCUT2D eigenvalue weighted by Gasteiger charge is 2.34. The van der Waals surface area contributed by atoms with E-state index in [0.717, 1.165) is 16.8 Å². The maximum absolute atomic E-state index is 13.3. The number of halogens is 1. The Morgan fingerprint density at radius 2 is 1.88 bits per heavy atom. The Labute approximate surface area is 154 Å². The number of nitrogens with zero attached hydrogens (tertiary/aromatic N) is 4. The molecule has 5 nitrogen and oxygen atoms in total. The molecule has 7 heteroatoms. The highest BCUT2D eigenvalue weighted by Crippen LogP contribution is 2.38. The van der Waals surface area contributed by atoms with Crippen molar-refractivity contribution in [2.24, 2.45) is 0 Å². The van der Waals surface area contributed by atoms with E-state index in [1.807, 2.05) is 47.5 Å². The molecule has 1 aliphatic heterocycles. The second kappa shape index (κ2) is 7.29. The molecule has 1 amide bonds. The quantitative estimate of drug-likeness (QED) is 0.694. The minimum absolute atomic E-state index is 0.100. The number of carbonyl (C=O) groups is 1. The van der Waals surface area contributed by atoms with Gasteiger partial charge in [-0.05, 0) is 23.3 Å². The summed E-state index contributed by atoms with van der Waals surface area (Å²) >= 11 is 1.55. The van der Waals surface area contributed by atoms with E-state index in [9.17, 15) is 9.18 Å². The Hall–Kier alpha value is -2.67. The molecular formula is C19H17FN4OS. The Morgan fingerprint density at radius 1 is 1.08 bits per heavy atom. The van der Waals surface area contributed by atoms with Crippen LogP contribution in [0.3, 0.4) is 0 Å². The number of aromatic nitrogens is 3. The van der Waals surface area contributed by atoms with Crippen molar-refractivity contribution in [2.75, 3.05) is 5.75 Å². The Balaban J connectivity index is 1.51. The fourth-order valence-electron chi connectivity index (χ4n) is 2.98. The minimum Gasteiger partial charge on any atom is -0.320 e. The Morgan fingerprint density at radius 3 is 2.69 bits per heavy atom. The van der Waals surface area contributed by atoms with E-state index in [0.29, 0.717) is 18.8 Å². The van der Waals surface area contributed by atoms with E-state index in [2.05, 4.69) is 10.3 Å². The summed E-state index contributed by atoms with van der Waals surface area (Å²) in [5, 5.41) is 8.24. The van der Waals surface area contributed by atoms with Crippen LogP contribution in [0.15, 0.2) is 60.8 Å². The third kappa shape index (κ3) is 3.62. The number of thioether (sulfide) groups is 1. The fourth-order valence-corrected chi connectivity index (χ4v) is 4.09. The van der Waals surface area contributed by atoms with Gasteiger partial charge in [-0.2, -0.15) is 0 Å². The first-order valence-corrected chi connectivity index (χ1v) is 9.33. The second-order valence-electron chi connectivity index (χ2n) is 6.14. The molecule has 1 saturated heterocycles. The summed E-state index contributed by atoms with van der Waals surface area (Å²) in [6, 6.07) is 16.3. The Bertz CT molecular complexity index is 915. The summed E-state index contributed by atoms with van der Waals surface area (Å²) in [6.45, 7) is 0.989. The van der Waals surface area contributed by atoms with Gasteiger partial charge in [-0.25, -0.2) is 9.07 Å². The molecular weight excluding hydrogens is 351 g/mol. The minimum atomic E-state index is -0.270. The number of rotatable bonds is 5. The van der Waals surface area contributed by atoms with Gasteiger partial charge >= 0.3 is 0 Å². The molecule has 0 saturated carbocycles. The van der Waals surface area contributed by atoms with E-state index in [1.165, 1.54) is 12.1 Å². The first kappa shape index (κ1) is 16.8. The van der Waals surface area contributed by atoms with Crippen LogP contribution in [0.5, 0.6) is 0 Å². The topological polar surface area (TPSA) is 51.0 Å². The van der Waals surface area contributed by atoms with Gasteiger partial charge < -0.3 is 4.90 Å². The average Bonchev–Trinajstić information content (AvgIpc) is 3.23. The van der Waals surface area contributed by atoms with Crippen molar-refractivity contribution in [2.45, 2.75) is 18.5 Å². The van der Waals surface area contributed by atoms with Crippen molar-refractivity contribution in [1.82, 2.24) is 19.9 Å². The molecule has 0 spiro atoms. The predicted molar refractivity (Wildman–Crippen MR) is 97.7 cm³/mol. The third-order valence-electron chi connectivity index (χ3n) is 4.21. The highest BCUT2D eigenvalue weighted by molar-refractivity contribution is 8.00. The molecule has 0 unspecified atom stereocenters. The normalized spacial score (nSPS) is 17.0. The maximum Gasteiger partial charge on any atom is 0.234 e. The number of hydrogen-bond donors (Lipinski definition) is 0. The van der Waals surface area contributed by atoms with Crippen LogP contribution in [0.25, 0.3) is 0 Å². The van der Waals surface area contributed by atoms with Crippen molar-refractivity contribution in [3.8, 4) is 0 Å². The molecule has 1 atom stereocenters. The van der Waals surface area contributed by atoms with Gasteiger partial charge in [0, 0.05) is 6.54 Å². The summed E-state index contributed by atoms with van der Waals surface area (Å²) in [6.07, 6.45) is 1.83. The summed E-state index contributed by atoms with van der Waals surface area (Å²) < 4.78 is 15.0. The highest BCUT2D eigenvalue weighted by atomic mass is 32.2. The SMILES string of the molecule is O=C1CS[C@H](c2cn(Cc3cccc(F)c3)nn2)N1Cc1ccccc1. The van der Waals surface area contributed by atoms with Gasteiger partial charge in [0.25, 0.3) is 0 Å². The smallest absolute Gasteiger partial charge is 0.234 e. The zero-order valence-corrected chi connectivity index (χ0v) is 14.8. The lowest BCUT2D eigenvalue weighted by Crippen LogP contribution is -2.27. The van der Waals surface area contributed by atoms with E-state index >= 15 is 0 Å². The second-order valence-corrected chi connectivity index (χ2v) is 7.21. The molecule has 0 N–H and O–H groups in total. The first-order valence-electron chi connectivity index (χ1n) is 8.28. The van der Waals surface area contributed by atoms with Gasteiger partial charge in [-0.3, -0.25) is 4.79 Å². The van der Waals surface area contributed by atoms with E-state index < -0.39 is 0 Å². The number of benzene rings is 2. The fraction of sp³-hybridized carbons (Fsp3) is 0.211. The molecule has 132 valence electrons. The molecule has 3 aromatic rings. The van der Waals surface area contributed by atoms with Gasteiger partial charge in [0.1, 0.15) is 16.9 Å². The molecule has 1 aliphatic rings. The van der Waals surface area contributed by atoms with Crippen molar-refractivity contribution in [3.63, 3.8) is 0 Å². The first-order chi connectivity index (χ1) is 12.7. The molecule has 0 radical (unpaired) electrons. The van der Waals surface area contributed by atoms with Crippen LogP contribution in [0.4, 0.5) is 4.39 Å². The van der Waals surface area contributed by atoms with Crippen LogP contribution in [-0.4, -0.2) is 31.6 Å². The number of amides is 1. The summed E-state index contributed by atoms with van der Waals surface area (Å²) in [4.78, 5) is 14.1. The Kier molecular flexibility index (Phi) is 4.71. The third-order valence-corrected chi connectivity index (χ3v) is 5.43. The van der Waals surface area contributed by atoms with Crippen LogP contribution in [0.2, 0.25) is 0 Å². The number of hydrogen-bond acceptors (Lipinski definition) is 4. The van der Waals surface area contributed by atoms with Crippen LogP contribution in [0.1, 0.15) is 22.2 Å². The van der Waals surface area contributed by atoms with Crippen LogP contribution < -0.4 is 0 Å². The molecule has 26 heavy (non-hydrogen) atoms. The van der Waals surface area contributed by atoms with Crippen molar-refractivity contribution in [3.05, 3.63) is 83.4 Å². The molecule has 2 heterocycles. The average molecular weight is 368 g/mol.